The van der Waals surface area contributed by atoms with E-state index >= 15 is 0 Å². The Labute approximate surface area is 97.3 Å². The second-order valence-electron chi connectivity index (χ2n) is 2.73. The average Bonchev–Trinajstić information content (AvgIpc) is 2.19. The lowest BCUT2D eigenvalue weighted by Gasteiger charge is -2.14. The summed E-state index contributed by atoms with van der Waals surface area (Å²) in [5, 5.41) is 0. The summed E-state index contributed by atoms with van der Waals surface area (Å²) in [6, 6.07) is 1.76. The summed E-state index contributed by atoms with van der Waals surface area (Å²) in [4.78, 5) is 0. The summed E-state index contributed by atoms with van der Waals surface area (Å²) in [7, 11) is 1.12. The van der Waals surface area contributed by atoms with E-state index in [1.807, 2.05) is 0 Å². The van der Waals surface area contributed by atoms with Gasteiger partial charge in [-0.2, -0.15) is 13.2 Å². The minimum absolute atomic E-state index is 0.190. The molecule has 0 amide bonds. The molecule has 0 spiro atoms. The molecule has 0 unspecified atom stereocenters. The quantitative estimate of drug-likeness (QED) is 0.791. The van der Waals surface area contributed by atoms with Crippen LogP contribution in [0.2, 0.25) is 0 Å². The topological polar surface area (TPSA) is 18.5 Å². The van der Waals surface area contributed by atoms with Gasteiger partial charge in [0.1, 0.15) is 17.1 Å². The largest absolute Gasteiger partial charge is 0.496 e. The highest BCUT2D eigenvalue weighted by molar-refractivity contribution is 9.10. The van der Waals surface area contributed by atoms with Gasteiger partial charge in [0.05, 0.1) is 11.6 Å². The number of halogens is 5. The Morgan fingerprint density at radius 1 is 1.25 bits per heavy atom. The SMILES string of the molecule is COc1cc(Br)c(OCF)cc1C(F)(F)F. The highest BCUT2D eigenvalue weighted by Crippen LogP contribution is 2.41. The highest BCUT2D eigenvalue weighted by Gasteiger charge is 2.35. The lowest BCUT2D eigenvalue weighted by Crippen LogP contribution is -2.08. The van der Waals surface area contributed by atoms with E-state index < -0.39 is 18.6 Å². The van der Waals surface area contributed by atoms with Crippen LogP contribution in [0, 0.1) is 0 Å². The van der Waals surface area contributed by atoms with E-state index in [9.17, 15) is 17.6 Å². The molecule has 0 aliphatic heterocycles. The monoisotopic (exact) mass is 302 g/mol. The Morgan fingerprint density at radius 2 is 1.88 bits per heavy atom. The third kappa shape index (κ3) is 2.78. The van der Waals surface area contributed by atoms with Crippen molar-refractivity contribution in [3.8, 4) is 11.5 Å². The molecule has 0 aliphatic carbocycles. The average molecular weight is 303 g/mol. The second-order valence-corrected chi connectivity index (χ2v) is 3.59. The molecule has 1 aromatic rings. The van der Waals surface area contributed by atoms with E-state index in [-0.39, 0.29) is 16.0 Å². The summed E-state index contributed by atoms with van der Waals surface area (Å²) in [6.45, 7) is -1.21. The molecule has 0 N–H and O–H groups in total. The Bertz CT molecular complexity index is 379. The van der Waals surface area contributed by atoms with Crippen LogP contribution in [0.1, 0.15) is 5.56 Å². The molecule has 0 heterocycles. The molecule has 2 nitrogen and oxygen atoms in total. The third-order valence-electron chi connectivity index (χ3n) is 1.77. The predicted molar refractivity (Wildman–Crippen MR) is 52.3 cm³/mol. The Morgan fingerprint density at radius 3 is 2.31 bits per heavy atom. The first kappa shape index (κ1) is 13.1. The van der Waals surface area contributed by atoms with Crippen molar-refractivity contribution in [1.82, 2.24) is 0 Å². The van der Waals surface area contributed by atoms with Gasteiger partial charge >= 0.3 is 6.18 Å². The molecule has 0 saturated carbocycles. The summed E-state index contributed by atoms with van der Waals surface area (Å²) in [5.41, 5.74) is -1.01. The summed E-state index contributed by atoms with van der Waals surface area (Å²) >= 11 is 2.95. The Balaban J connectivity index is 3.29. The Kier molecular flexibility index (Phi) is 4.01. The van der Waals surface area contributed by atoms with Crippen LogP contribution in [0.4, 0.5) is 17.6 Å². The minimum atomic E-state index is -4.58. The predicted octanol–water partition coefficient (Wildman–Crippen LogP) is 3.78. The zero-order valence-electron chi connectivity index (χ0n) is 8.07. The van der Waals surface area contributed by atoms with E-state index in [1.165, 1.54) is 0 Å². The van der Waals surface area contributed by atoms with Gasteiger partial charge in [0.25, 0.3) is 0 Å². The van der Waals surface area contributed by atoms with Crippen molar-refractivity contribution < 1.29 is 27.0 Å². The molecule has 0 aliphatic rings. The number of alkyl halides is 4. The van der Waals surface area contributed by atoms with Crippen molar-refractivity contribution in [2.75, 3.05) is 14.0 Å². The van der Waals surface area contributed by atoms with E-state index in [1.54, 1.807) is 0 Å². The maximum atomic E-state index is 12.5. The number of rotatable bonds is 3. The molecule has 90 valence electrons. The maximum Gasteiger partial charge on any atom is 0.420 e. The van der Waals surface area contributed by atoms with Gasteiger partial charge in [-0.1, -0.05) is 0 Å². The van der Waals surface area contributed by atoms with Crippen molar-refractivity contribution in [3.63, 3.8) is 0 Å². The maximum absolute atomic E-state index is 12.5. The molecule has 0 fully saturated rings. The third-order valence-corrected chi connectivity index (χ3v) is 2.39. The summed E-state index contributed by atoms with van der Waals surface area (Å²) in [6.07, 6.45) is -4.58. The van der Waals surface area contributed by atoms with Crippen LogP contribution in [-0.4, -0.2) is 14.0 Å². The Hall–Kier alpha value is -0.980. The fourth-order valence-corrected chi connectivity index (χ4v) is 1.53. The van der Waals surface area contributed by atoms with Crippen molar-refractivity contribution in [2.24, 2.45) is 0 Å². The lowest BCUT2D eigenvalue weighted by atomic mass is 10.2. The minimum Gasteiger partial charge on any atom is -0.496 e. The van der Waals surface area contributed by atoms with Crippen LogP contribution in [0.15, 0.2) is 16.6 Å². The van der Waals surface area contributed by atoms with Crippen LogP contribution >= 0.6 is 15.9 Å². The standard InChI is InChI=1S/C9H7BrF4O2/c1-15-7-3-6(10)8(16-4-11)2-5(7)9(12,13)14/h2-3H,4H2,1H3. The van der Waals surface area contributed by atoms with Gasteiger partial charge in [0, 0.05) is 0 Å². The molecule has 1 rings (SSSR count). The molecule has 0 aromatic heterocycles. The number of hydrogen-bond donors (Lipinski definition) is 0. The van der Waals surface area contributed by atoms with Crippen molar-refractivity contribution in [3.05, 3.63) is 22.2 Å². The van der Waals surface area contributed by atoms with Crippen molar-refractivity contribution >= 4 is 15.9 Å². The zero-order valence-corrected chi connectivity index (χ0v) is 9.65. The van der Waals surface area contributed by atoms with Crippen LogP contribution in [0.5, 0.6) is 11.5 Å². The molecule has 0 radical (unpaired) electrons. The fourth-order valence-electron chi connectivity index (χ4n) is 1.09. The van der Waals surface area contributed by atoms with Crippen LogP contribution < -0.4 is 9.47 Å². The molecule has 16 heavy (non-hydrogen) atoms. The van der Waals surface area contributed by atoms with Gasteiger partial charge in [0.15, 0.2) is 0 Å². The van der Waals surface area contributed by atoms with Gasteiger partial charge < -0.3 is 9.47 Å². The first-order valence-electron chi connectivity index (χ1n) is 4.03. The van der Waals surface area contributed by atoms with Gasteiger partial charge in [-0.3, -0.25) is 0 Å². The normalized spacial score (nSPS) is 11.4. The molecule has 7 heteroatoms. The van der Waals surface area contributed by atoms with E-state index in [2.05, 4.69) is 25.4 Å². The van der Waals surface area contributed by atoms with Crippen LogP contribution in [-0.2, 0) is 6.18 Å². The fraction of sp³-hybridized carbons (Fsp3) is 0.333. The number of benzene rings is 1. The molecule has 0 bridgehead atoms. The van der Waals surface area contributed by atoms with E-state index in [0.717, 1.165) is 13.2 Å². The molecule has 0 atom stereocenters. The zero-order chi connectivity index (χ0) is 12.3. The first-order valence-corrected chi connectivity index (χ1v) is 4.83. The van der Waals surface area contributed by atoms with E-state index in [0.29, 0.717) is 6.07 Å². The number of ether oxygens (including phenoxy) is 2. The molecule has 0 saturated heterocycles. The second kappa shape index (κ2) is 4.90. The summed E-state index contributed by atoms with van der Waals surface area (Å²) < 4.78 is 58.7. The number of hydrogen-bond acceptors (Lipinski definition) is 2. The first-order chi connectivity index (χ1) is 7.40. The molecule has 1 aromatic carbocycles. The molecular weight excluding hydrogens is 296 g/mol. The smallest absolute Gasteiger partial charge is 0.420 e. The van der Waals surface area contributed by atoms with Gasteiger partial charge in [-0.25, -0.2) is 4.39 Å². The summed E-state index contributed by atoms with van der Waals surface area (Å²) in [5.74, 6) is -0.582. The van der Waals surface area contributed by atoms with Gasteiger partial charge in [-0.05, 0) is 28.1 Å². The molecular formula is C9H7BrF4O2. The highest BCUT2D eigenvalue weighted by atomic mass is 79.9. The van der Waals surface area contributed by atoms with Crippen molar-refractivity contribution in [2.45, 2.75) is 6.18 Å². The van der Waals surface area contributed by atoms with Gasteiger partial charge in [-0.15, -0.1) is 0 Å². The van der Waals surface area contributed by atoms with Crippen LogP contribution in [0.3, 0.4) is 0 Å². The van der Waals surface area contributed by atoms with Crippen molar-refractivity contribution in [1.29, 1.82) is 0 Å². The lowest BCUT2D eigenvalue weighted by molar-refractivity contribution is -0.138. The van der Waals surface area contributed by atoms with Gasteiger partial charge in [0.2, 0.25) is 6.86 Å². The number of methoxy groups -OCH3 is 1. The van der Waals surface area contributed by atoms with Crippen LogP contribution in [0.25, 0.3) is 0 Å². The van der Waals surface area contributed by atoms with E-state index in [4.69, 9.17) is 0 Å².